The number of halogens is 1. The molecule has 6 nitrogen and oxygen atoms in total. The molecule has 0 heterocycles. The second-order valence-electron chi connectivity index (χ2n) is 7.74. The van der Waals surface area contributed by atoms with Crippen molar-refractivity contribution in [1.82, 2.24) is 10.2 Å². The van der Waals surface area contributed by atoms with Crippen LogP contribution in [0.3, 0.4) is 0 Å². The molecule has 2 aromatic carbocycles. The van der Waals surface area contributed by atoms with Crippen LogP contribution in [-0.2, 0) is 23.2 Å². The van der Waals surface area contributed by atoms with E-state index in [1.807, 2.05) is 20.8 Å². The van der Waals surface area contributed by atoms with Gasteiger partial charge in [0, 0.05) is 18.6 Å². The fraction of sp³-hybridized carbons (Fsp3) is 0.381. The number of urea groups is 1. The van der Waals surface area contributed by atoms with Crippen LogP contribution in [0.2, 0.25) is 0 Å². The predicted molar refractivity (Wildman–Crippen MR) is 110 cm³/mol. The third kappa shape index (κ3) is 7.73. The molecule has 0 radical (unpaired) electrons. The van der Waals surface area contributed by atoms with Gasteiger partial charge >= 0.3 is 16.1 Å². The molecule has 29 heavy (non-hydrogen) atoms. The van der Waals surface area contributed by atoms with Crippen LogP contribution >= 0.6 is 0 Å². The zero-order valence-corrected chi connectivity index (χ0v) is 17.9. The first-order valence-electron chi connectivity index (χ1n) is 9.30. The van der Waals surface area contributed by atoms with Crippen LogP contribution in [0.15, 0.2) is 48.5 Å². The van der Waals surface area contributed by atoms with E-state index in [0.29, 0.717) is 5.56 Å². The highest BCUT2D eigenvalue weighted by Crippen LogP contribution is 2.19. The number of nitrogens with zero attached hydrogens (tertiary/aromatic N) is 1. The van der Waals surface area contributed by atoms with Gasteiger partial charge in [-0.05, 0) is 63.1 Å². The van der Waals surface area contributed by atoms with Crippen LogP contribution in [0.25, 0.3) is 0 Å². The van der Waals surface area contributed by atoms with Crippen LogP contribution in [0, 0.1) is 5.82 Å². The van der Waals surface area contributed by atoms with E-state index < -0.39 is 15.7 Å². The van der Waals surface area contributed by atoms with Gasteiger partial charge in [-0.2, -0.15) is 8.42 Å². The molecule has 2 aromatic rings. The monoisotopic (exact) mass is 422 g/mol. The van der Waals surface area contributed by atoms with Gasteiger partial charge in [-0.1, -0.05) is 24.3 Å². The normalized spacial score (nSPS) is 11.8. The molecule has 158 valence electrons. The molecule has 0 fully saturated rings. The van der Waals surface area contributed by atoms with Gasteiger partial charge in [-0.25, -0.2) is 9.18 Å². The molecule has 0 aromatic heterocycles. The Labute approximate surface area is 171 Å². The summed E-state index contributed by atoms with van der Waals surface area (Å²) in [6, 6.07) is 12.3. The Morgan fingerprint density at radius 3 is 2.28 bits per heavy atom. The molecule has 0 bridgehead atoms. The average molecular weight is 423 g/mol. The Bertz CT molecular complexity index is 938. The van der Waals surface area contributed by atoms with Crippen molar-refractivity contribution < 1.29 is 21.8 Å². The molecular formula is C21H27FN2O4S. The average Bonchev–Trinajstić information content (AvgIpc) is 2.61. The summed E-state index contributed by atoms with van der Waals surface area (Å²) >= 11 is 0. The van der Waals surface area contributed by atoms with Gasteiger partial charge in [0.2, 0.25) is 0 Å². The van der Waals surface area contributed by atoms with Gasteiger partial charge in [0.25, 0.3) is 0 Å². The van der Waals surface area contributed by atoms with E-state index in [1.165, 1.54) is 19.1 Å². The lowest BCUT2D eigenvalue weighted by Gasteiger charge is -2.29. The molecule has 0 aliphatic rings. The molecule has 0 aliphatic heterocycles. The van der Waals surface area contributed by atoms with E-state index in [0.717, 1.165) is 5.56 Å². The molecule has 1 N–H and O–H groups in total. The number of carbonyl (C=O) groups excluding carboxylic acids is 1. The van der Waals surface area contributed by atoms with Crippen molar-refractivity contribution in [2.45, 2.75) is 46.3 Å². The maximum absolute atomic E-state index is 13.2. The Balaban J connectivity index is 2.24. The SMILES string of the molecule is CCS(=O)(=O)Oc1cccc(CN(Cc2ccc(F)cc2)C(=O)NC(C)(C)C)c1. The van der Waals surface area contributed by atoms with E-state index in [4.69, 9.17) is 4.18 Å². The summed E-state index contributed by atoms with van der Waals surface area (Å²) in [6.45, 7) is 7.63. The van der Waals surface area contributed by atoms with Gasteiger partial charge in [-0.15, -0.1) is 0 Å². The summed E-state index contributed by atoms with van der Waals surface area (Å²) in [5, 5.41) is 2.92. The molecule has 0 atom stereocenters. The molecule has 0 saturated carbocycles. The summed E-state index contributed by atoms with van der Waals surface area (Å²) in [5.41, 5.74) is 1.05. The number of hydrogen-bond acceptors (Lipinski definition) is 4. The first-order valence-corrected chi connectivity index (χ1v) is 10.9. The van der Waals surface area contributed by atoms with Crippen LogP contribution < -0.4 is 9.50 Å². The first-order chi connectivity index (χ1) is 13.5. The van der Waals surface area contributed by atoms with Gasteiger partial charge in [0.15, 0.2) is 0 Å². The van der Waals surface area contributed by atoms with E-state index in [2.05, 4.69) is 5.32 Å². The summed E-state index contributed by atoms with van der Waals surface area (Å²) in [5.74, 6) is -0.286. The van der Waals surface area contributed by atoms with E-state index >= 15 is 0 Å². The van der Waals surface area contributed by atoms with E-state index in [1.54, 1.807) is 41.3 Å². The summed E-state index contributed by atoms with van der Waals surface area (Å²) in [6.07, 6.45) is 0. The Morgan fingerprint density at radius 2 is 1.69 bits per heavy atom. The third-order valence-electron chi connectivity index (χ3n) is 3.90. The van der Waals surface area contributed by atoms with Crippen molar-refractivity contribution >= 4 is 16.1 Å². The number of hydrogen-bond donors (Lipinski definition) is 1. The van der Waals surface area contributed by atoms with Crippen molar-refractivity contribution in [2.75, 3.05) is 5.75 Å². The van der Waals surface area contributed by atoms with Gasteiger partial charge in [0.1, 0.15) is 11.6 Å². The number of rotatable bonds is 7. The number of nitrogens with one attached hydrogen (secondary N) is 1. The highest BCUT2D eigenvalue weighted by molar-refractivity contribution is 7.87. The van der Waals surface area contributed by atoms with Crippen LogP contribution in [0.5, 0.6) is 5.75 Å². The molecule has 8 heteroatoms. The zero-order valence-electron chi connectivity index (χ0n) is 17.1. The quantitative estimate of drug-likeness (QED) is 0.683. The molecule has 0 saturated heterocycles. The summed E-state index contributed by atoms with van der Waals surface area (Å²) in [4.78, 5) is 14.4. The predicted octanol–water partition coefficient (Wildman–Crippen LogP) is 4.06. The lowest BCUT2D eigenvalue weighted by atomic mass is 10.1. The van der Waals surface area contributed by atoms with E-state index in [-0.39, 0.29) is 36.4 Å². The standard InChI is InChI=1S/C21H27FN2O4S/c1-5-29(26,27)28-19-8-6-7-17(13-19)15-24(20(25)23-21(2,3)4)14-16-9-11-18(22)12-10-16/h6-13H,5,14-15H2,1-4H3,(H,23,25). The Kier molecular flexibility index (Phi) is 7.24. The minimum absolute atomic E-state index is 0.137. The maximum atomic E-state index is 13.2. The Morgan fingerprint density at radius 1 is 1.07 bits per heavy atom. The van der Waals surface area contributed by atoms with Crippen LogP contribution in [0.4, 0.5) is 9.18 Å². The smallest absolute Gasteiger partial charge is 0.318 e. The van der Waals surface area contributed by atoms with Crippen molar-refractivity contribution in [1.29, 1.82) is 0 Å². The minimum atomic E-state index is -3.64. The van der Waals surface area contributed by atoms with Crippen LogP contribution in [0.1, 0.15) is 38.8 Å². The Hall–Kier alpha value is -2.61. The summed E-state index contributed by atoms with van der Waals surface area (Å²) in [7, 11) is -3.64. The molecule has 0 unspecified atom stereocenters. The van der Waals surface area contributed by atoms with Gasteiger partial charge < -0.3 is 14.4 Å². The fourth-order valence-corrected chi connectivity index (χ4v) is 3.05. The second kappa shape index (κ2) is 9.26. The topological polar surface area (TPSA) is 75.7 Å². The van der Waals surface area contributed by atoms with Crippen molar-refractivity contribution in [3.05, 3.63) is 65.5 Å². The van der Waals surface area contributed by atoms with Crippen molar-refractivity contribution in [3.8, 4) is 5.75 Å². The highest BCUT2D eigenvalue weighted by Gasteiger charge is 2.21. The van der Waals surface area contributed by atoms with Crippen LogP contribution in [-0.4, -0.2) is 30.6 Å². The fourth-order valence-electron chi connectivity index (χ4n) is 2.53. The summed E-state index contributed by atoms with van der Waals surface area (Å²) < 4.78 is 41.7. The highest BCUT2D eigenvalue weighted by atomic mass is 32.2. The first kappa shape index (κ1) is 22.7. The minimum Gasteiger partial charge on any atom is -0.382 e. The largest absolute Gasteiger partial charge is 0.382 e. The van der Waals surface area contributed by atoms with Gasteiger partial charge in [-0.3, -0.25) is 0 Å². The zero-order chi connectivity index (χ0) is 21.7. The molecule has 0 spiro atoms. The lowest BCUT2D eigenvalue weighted by Crippen LogP contribution is -2.47. The van der Waals surface area contributed by atoms with E-state index in [9.17, 15) is 17.6 Å². The number of carbonyl (C=O) groups is 1. The maximum Gasteiger partial charge on any atom is 0.318 e. The van der Waals surface area contributed by atoms with Crippen molar-refractivity contribution in [3.63, 3.8) is 0 Å². The van der Waals surface area contributed by atoms with Crippen molar-refractivity contribution in [2.24, 2.45) is 0 Å². The second-order valence-corrected chi connectivity index (χ2v) is 9.60. The third-order valence-corrected chi connectivity index (χ3v) is 5.06. The lowest BCUT2D eigenvalue weighted by molar-refractivity contribution is 0.183. The van der Waals surface area contributed by atoms with Gasteiger partial charge in [0.05, 0.1) is 5.75 Å². The number of benzene rings is 2. The molecule has 2 rings (SSSR count). The molecule has 2 amide bonds. The molecule has 0 aliphatic carbocycles. The number of amides is 2. The molecular weight excluding hydrogens is 395 g/mol.